The number of nitrogens with zero attached hydrogens (tertiary/aromatic N) is 3. The van der Waals surface area contributed by atoms with Crippen molar-refractivity contribution in [3.8, 4) is 22.8 Å². The molecule has 2 amide bonds. The number of carbonyl (C=O) groups excluding carboxylic acids is 2. The summed E-state index contributed by atoms with van der Waals surface area (Å²) in [4.78, 5) is 39.3. The van der Waals surface area contributed by atoms with Crippen LogP contribution < -0.4 is 14.8 Å². The fraction of sp³-hybridized carbons (Fsp3) is 0.481. The molecule has 1 aromatic carbocycles. The highest BCUT2D eigenvalue weighted by Gasteiger charge is 2.32. The second-order valence-corrected chi connectivity index (χ2v) is 9.94. The first kappa shape index (κ1) is 25.9. The first-order chi connectivity index (χ1) is 18.3. The Morgan fingerprint density at radius 2 is 2.03 bits per heavy atom. The number of aliphatic hydroxyl groups excluding tert-OH is 1. The zero-order valence-electron chi connectivity index (χ0n) is 21.7. The number of hydrogen-bond donors (Lipinski definition) is 3. The van der Waals surface area contributed by atoms with E-state index in [1.807, 2.05) is 0 Å². The molecule has 2 atom stereocenters. The molecule has 38 heavy (non-hydrogen) atoms. The third-order valence-electron chi connectivity index (χ3n) is 7.23. The highest BCUT2D eigenvalue weighted by Crippen LogP contribution is 2.39. The van der Waals surface area contributed by atoms with Crippen molar-refractivity contribution in [2.75, 3.05) is 26.8 Å². The van der Waals surface area contributed by atoms with Crippen LogP contribution >= 0.6 is 0 Å². The SMILES string of the molecule is CCC(=O)N1CC[C@H](O)[C@@H](NC(=O)c2c(C)[nH]c3c(-c4cc(OC)c(F)cc4OCC4CC4)ncnc23)C1. The molecule has 11 heteroatoms. The molecule has 2 fully saturated rings. The molecule has 202 valence electrons. The summed E-state index contributed by atoms with van der Waals surface area (Å²) in [6.45, 7) is 4.70. The molecule has 3 heterocycles. The standard InChI is InChI=1S/C27H32FN5O5/c1-4-22(35)33-8-7-19(34)18(11-33)32-27(36)23-14(2)31-26-24(29-13-30-25(23)26)16-9-21(37-3)17(28)10-20(16)38-12-15-5-6-15/h9-10,13,15,18-19,31,34H,4-8,11-12H2,1-3H3,(H,32,36)/t18-,19-/m0/s1. The van der Waals surface area contributed by atoms with E-state index in [0.29, 0.717) is 71.2 Å². The molecule has 3 N–H and O–H groups in total. The van der Waals surface area contributed by atoms with Crippen LogP contribution in [0, 0.1) is 18.7 Å². The van der Waals surface area contributed by atoms with Crippen LogP contribution in [0.3, 0.4) is 0 Å². The summed E-state index contributed by atoms with van der Waals surface area (Å²) in [7, 11) is 1.39. The molecule has 5 rings (SSSR count). The number of carbonyl (C=O) groups is 2. The molecule has 1 aliphatic carbocycles. The number of fused-ring (bicyclic) bond motifs is 1. The van der Waals surface area contributed by atoms with Crippen molar-refractivity contribution >= 4 is 22.8 Å². The minimum atomic E-state index is -0.770. The van der Waals surface area contributed by atoms with Gasteiger partial charge in [0.25, 0.3) is 5.91 Å². The van der Waals surface area contributed by atoms with E-state index in [4.69, 9.17) is 9.47 Å². The van der Waals surface area contributed by atoms with E-state index in [0.717, 1.165) is 12.8 Å². The largest absolute Gasteiger partial charge is 0.494 e. The zero-order valence-corrected chi connectivity index (χ0v) is 21.7. The molecule has 0 radical (unpaired) electrons. The lowest BCUT2D eigenvalue weighted by atomic mass is 10.0. The lowest BCUT2D eigenvalue weighted by Crippen LogP contribution is -2.56. The van der Waals surface area contributed by atoms with Crippen molar-refractivity contribution in [3.63, 3.8) is 0 Å². The van der Waals surface area contributed by atoms with Crippen LogP contribution in [0.5, 0.6) is 11.5 Å². The number of hydrogen-bond acceptors (Lipinski definition) is 7. The molecule has 0 spiro atoms. The number of piperidine rings is 1. The molecular formula is C27H32FN5O5. The highest BCUT2D eigenvalue weighted by atomic mass is 19.1. The number of H-pyrrole nitrogens is 1. The first-order valence-corrected chi connectivity index (χ1v) is 12.9. The van der Waals surface area contributed by atoms with Crippen molar-refractivity contribution in [1.29, 1.82) is 0 Å². The van der Waals surface area contributed by atoms with Crippen LogP contribution in [0.2, 0.25) is 0 Å². The van der Waals surface area contributed by atoms with Gasteiger partial charge in [0.05, 0.1) is 36.9 Å². The fourth-order valence-electron chi connectivity index (χ4n) is 4.86. The second kappa shape index (κ2) is 10.6. The van der Waals surface area contributed by atoms with E-state index >= 15 is 0 Å². The van der Waals surface area contributed by atoms with Crippen LogP contribution in [-0.2, 0) is 4.79 Å². The summed E-state index contributed by atoms with van der Waals surface area (Å²) in [5, 5.41) is 13.4. The van der Waals surface area contributed by atoms with Crippen LogP contribution in [0.4, 0.5) is 4.39 Å². The number of amides is 2. The van der Waals surface area contributed by atoms with Crippen molar-refractivity contribution < 1.29 is 28.6 Å². The summed E-state index contributed by atoms with van der Waals surface area (Å²) >= 11 is 0. The topological polar surface area (TPSA) is 130 Å². The molecule has 3 aromatic rings. The quantitative estimate of drug-likeness (QED) is 0.412. The van der Waals surface area contributed by atoms with Crippen molar-refractivity contribution in [3.05, 3.63) is 35.5 Å². The third kappa shape index (κ3) is 5.02. The maximum atomic E-state index is 14.6. The number of methoxy groups -OCH3 is 1. The van der Waals surface area contributed by atoms with E-state index in [1.165, 1.54) is 25.6 Å². The number of benzene rings is 1. The summed E-state index contributed by atoms with van der Waals surface area (Å²) in [6.07, 6.45) is 3.48. The zero-order chi connectivity index (χ0) is 27.0. The number of nitrogens with one attached hydrogen (secondary N) is 2. The normalized spacial score (nSPS) is 19.4. The van der Waals surface area contributed by atoms with Crippen LogP contribution in [0.1, 0.15) is 48.7 Å². The minimum absolute atomic E-state index is 0.0220. The molecule has 1 saturated heterocycles. The lowest BCUT2D eigenvalue weighted by molar-refractivity contribution is -0.133. The fourth-order valence-corrected chi connectivity index (χ4v) is 4.86. The third-order valence-corrected chi connectivity index (χ3v) is 7.23. The van der Waals surface area contributed by atoms with Gasteiger partial charge in [0.15, 0.2) is 11.6 Å². The van der Waals surface area contributed by atoms with Crippen molar-refractivity contribution in [1.82, 2.24) is 25.2 Å². The van der Waals surface area contributed by atoms with Gasteiger partial charge in [-0.1, -0.05) is 6.92 Å². The number of rotatable bonds is 8. The van der Waals surface area contributed by atoms with E-state index in [1.54, 1.807) is 18.7 Å². The van der Waals surface area contributed by atoms with Gasteiger partial charge in [-0.25, -0.2) is 14.4 Å². The molecule has 1 saturated carbocycles. The second-order valence-electron chi connectivity index (χ2n) is 9.94. The highest BCUT2D eigenvalue weighted by molar-refractivity contribution is 6.09. The number of halogens is 1. The maximum Gasteiger partial charge on any atom is 0.255 e. The van der Waals surface area contributed by atoms with Gasteiger partial charge in [-0.2, -0.15) is 0 Å². The minimum Gasteiger partial charge on any atom is -0.494 e. The van der Waals surface area contributed by atoms with Crippen LogP contribution in [-0.4, -0.2) is 75.7 Å². The Hall–Kier alpha value is -3.73. The number of ether oxygens (including phenoxy) is 2. The van der Waals surface area contributed by atoms with Gasteiger partial charge in [-0.15, -0.1) is 0 Å². The molecule has 0 bridgehead atoms. The number of likely N-dealkylation sites (tertiary alicyclic amines) is 1. The molecule has 0 unspecified atom stereocenters. The average Bonchev–Trinajstić information content (AvgIpc) is 3.67. The Morgan fingerprint density at radius 1 is 1.24 bits per heavy atom. The van der Waals surface area contributed by atoms with Crippen molar-refractivity contribution in [2.45, 2.75) is 51.7 Å². The predicted octanol–water partition coefficient (Wildman–Crippen LogP) is 2.97. The van der Waals surface area contributed by atoms with Crippen molar-refractivity contribution in [2.24, 2.45) is 5.92 Å². The van der Waals surface area contributed by atoms with Gasteiger partial charge < -0.3 is 29.8 Å². The van der Waals surface area contributed by atoms with E-state index in [-0.39, 0.29) is 18.2 Å². The van der Waals surface area contributed by atoms with Gasteiger partial charge >= 0.3 is 0 Å². The average molecular weight is 526 g/mol. The Balaban J connectivity index is 1.49. The Kier molecular flexibility index (Phi) is 7.20. The van der Waals surface area contributed by atoms with Gasteiger partial charge in [0.2, 0.25) is 5.91 Å². The number of aromatic amines is 1. The Labute approximate surface area is 219 Å². The van der Waals surface area contributed by atoms with Gasteiger partial charge in [0, 0.05) is 36.8 Å². The molecular weight excluding hydrogens is 493 g/mol. The number of aromatic nitrogens is 3. The predicted molar refractivity (Wildman–Crippen MR) is 138 cm³/mol. The van der Waals surface area contributed by atoms with Crippen LogP contribution in [0.25, 0.3) is 22.3 Å². The molecule has 2 aromatic heterocycles. The Bertz CT molecular complexity index is 1370. The summed E-state index contributed by atoms with van der Waals surface area (Å²) < 4.78 is 25.8. The molecule has 2 aliphatic rings. The van der Waals surface area contributed by atoms with E-state index < -0.39 is 23.9 Å². The van der Waals surface area contributed by atoms with Gasteiger partial charge in [-0.3, -0.25) is 9.59 Å². The summed E-state index contributed by atoms with van der Waals surface area (Å²) in [5.41, 5.74) is 2.70. The first-order valence-electron chi connectivity index (χ1n) is 12.9. The maximum absolute atomic E-state index is 14.6. The number of aliphatic hydroxyl groups is 1. The van der Waals surface area contributed by atoms with Gasteiger partial charge in [-0.05, 0) is 38.2 Å². The lowest BCUT2D eigenvalue weighted by Gasteiger charge is -2.36. The Morgan fingerprint density at radius 3 is 2.74 bits per heavy atom. The summed E-state index contributed by atoms with van der Waals surface area (Å²) in [5.74, 6) is -0.151. The van der Waals surface area contributed by atoms with Crippen LogP contribution in [0.15, 0.2) is 18.5 Å². The molecule has 10 nitrogen and oxygen atoms in total. The summed E-state index contributed by atoms with van der Waals surface area (Å²) in [6, 6.07) is 2.22. The number of aryl methyl sites for hydroxylation is 1. The van der Waals surface area contributed by atoms with E-state index in [2.05, 4.69) is 20.3 Å². The van der Waals surface area contributed by atoms with E-state index in [9.17, 15) is 19.1 Å². The monoisotopic (exact) mass is 525 g/mol. The van der Waals surface area contributed by atoms with Gasteiger partial charge in [0.1, 0.15) is 23.3 Å². The smallest absolute Gasteiger partial charge is 0.255 e. The molecule has 1 aliphatic heterocycles.